The molecule has 1 aromatic heterocycles. The fourth-order valence-electron chi connectivity index (χ4n) is 1.35. The van der Waals surface area contributed by atoms with Crippen LogP contribution in [0, 0.1) is 12.7 Å². The molecule has 1 heterocycles. The van der Waals surface area contributed by atoms with E-state index in [1.54, 1.807) is 6.92 Å². The van der Waals surface area contributed by atoms with Gasteiger partial charge in [-0.25, -0.2) is 12.8 Å². The van der Waals surface area contributed by atoms with Crippen LogP contribution in [0.3, 0.4) is 0 Å². The molecule has 5 nitrogen and oxygen atoms in total. The smallest absolute Gasteiger partial charge is 0.265 e. The summed E-state index contributed by atoms with van der Waals surface area (Å²) in [6, 6.07) is 2.62. The first-order valence-corrected chi connectivity index (χ1v) is 7.15. The molecule has 18 heavy (non-hydrogen) atoms. The third kappa shape index (κ3) is 2.54. The summed E-state index contributed by atoms with van der Waals surface area (Å²) in [5.41, 5.74) is 0.798. The van der Waals surface area contributed by atoms with Crippen LogP contribution in [0.4, 0.5) is 10.1 Å². The third-order valence-corrected chi connectivity index (χ3v) is 4.24. The predicted molar refractivity (Wildman–Crippen MR) is 68.2 cm³/mol. The first-order valence-electron chi connectivity index (χ1n) is 4.87. The van der Waals surface area contributed by atoms with Crippen LogP contribution < -0.4 is 4.72 Å². The number of halogens is 2. The van der Waals surface area contributed by atoms with E-state index in [1.807, 2.05) is 0 Å². The van der Waals surface area contributed by atoms with Crippen molar-refractivity contribution in [1.82, 2.24) is 10.2 Å². The van der Waals surface area contributed by atoms with Gasteiger partial charge in [0.2, 0.25) is 0 Å². The van der Waals surface area contributed by atoms with Gasteiger partial charge >= 0.3 is 0 Å². The summed E-state index contributed by atoms with van der Waals surface area (Å²) >= 11 is 3.01. The molecule has 0 aliphatic heterocycles. The lowest BCUT2D eigenvalue weighted by Crippen LogP contribution is -2.13. The van der Waals surface area contributed by atoms with Crippen molar-refractivity contribution in [2.45, 2.75) is 11.8 Å². The van der Waals surface area contributed by atoms with Crippen LogP contribution >= 0.6 is 15.9 Å². The molecule has 0 bridgehead atoms. The number of H-pyrrole nitrogens is 1. The van der Waals surface area contributed by atoms with Crippen molar-refractivity contribution in [2.24, 2.45) is 0 Å². The number of rotatable bonds is 3. The Morgan fingerprint density at radius 3 is 2.78 bits per heavy atom. The van der Waals surface area contributed by atoms with E-state index in [1.165, 1.54) is 24.5 Å². The lowest BCUT2D eigenvalue weighted by molar-refractivity contribution is 0.601. The highest BCUT2D eigenvalue weighted by Crippen LogP contribution is 2.26. The van der Waals surface area contributed by atoms with Crippen molar-refractivity contribution in [1.29, 1.82) is 0 Å². The number of aromatic amines is 1. The summed E-state index contributed by atoms with van der Waals surface area (Å²) in [4.78, 5) is 0.0161. The largest absolute Gasteiger partial charge is 0.284 e. The van der Waals surface area contributed by atoms with Crippen molar-refractivity contribution in [3.8, 4) is 0 Å². The molecule has 0 amide bonds. The molecule has 0 aliphatic rings. The third-order valence-electron chi connectivity index (χ3n) is 2.30. The number of benzene rings is 1. The molecule has 1 aromatic carbocycles. The van der Waals surface area contributed by atoms with Gasteiger partial charge in [-0.1, -0.05) is 0 Å². The number of nitrogens with zero attached hydrogens (tertiary/aromatic N) is 1. The van der Waals surface area contributed by atoms with Gasteiger partial charge in [0.05, 0.1) is 16.4 Å². The van der Waals surface area contributed by atoms with E-state index in [9.17, 15) is 12.8 Å². The van der Waals surface area contributed by atoms with E-state index >= 15 is 0 Å². The molecule has 0 fully saturated rings. The average Bonchev–Trinajstić information content (AvgIpc) is 2.79. The molecule has 0 spiro atoms. The van der Waals surface area contributed by atoms with Gasteiger partial charge in [-0.05, 0) is 40.5 Å². The second kappa shape index (κ2) is 4.69. The maximum absolute atomic E-state index is 13.2. The van der Waals surface area contributed by atoms with Crippen LogP contribution in [0.25, 0.3) is 0 Å². The van der Waals surface area contributed by atoms with Crippen LogP contribution in [0.1, 0.15) is 5.56 Å². The molecule has 0 saturated heterocycles. The molecular formula is C10H9BrFN3O2S. The summed E-state index contributed by atoms with van der Waals surface area (Å²) < 4.78 is 39.7. The molecule has 0 saturated carbocycles. The van der Waals surface area contributed by atoms with Gasteiger partial charge in [-0.15, -0.1) is 0 Å². The minimum absolute atomic E-state index is 0.0161. The number of sulfonamides is 1. The minimum atomic E-state index is -3.71. The Balaban J connectivity index is 2.39. The topological polar surface area (TPSA) is 74.8 Å². The Labute approximate surface area is 112 Å². The molecular weight excluding hydrogens is 325 g/mol. The van der Waals surface area contributed by atoms with Crippen LogP contribution in [-0.4, -0.2) is 18.6 Å². The minimum Gasteiger partial charge on any atom is -0.284 e. The highest BCUT2D eigenvalue weighted by atomic mass is 79.9. The fourth-order valence-corrected chi connectivity index (χ4v) is 2.72. The zero-order chi connectivity index (χ0) is 13.3. The molecule has 8 heteroatoms. The van der Waals surface area contributed by atoms with Crippen molar-refractivity contribution in [3.63, 3.8) is 0 Å². The van der Waals surface area contributed by atoms with E-state index in [2.05, 4.69) is 30.8 Å². The zero-order valence-electron chi connectivity index (χ0n) is 9.24. The fraction of sp³-hybridized carbons (Fsp3) is 0.100. The molecule has 96 valence electrons. The van der Waals surface area contributed by atoms with Gasteiger partial charge in [0, 0.05) is 6.20 Å². The molecule has 0 aliphatic carbocycles. The molecule has 0 unspecified atom stereocenters. The maximum atomic E-state index is 13.2. The van der Waals surface area contributed by atoms with Gasteiger partial charge in [-0.2, -0.15) is 5.10 Å². The SMILES string of the molecule is Cc1cc(F)c(Br)cc1NS(=O)(=O)c1cn[nH]c1. The summed E-state index contributed by atoms with van der Waals surface area (Å²) in [6.07, 6.45) is 2.45. The molecule has 0 atom stereocenters. The number of anilines is 1. The van der Waals surface area contributed by atoms with Crippen molar-refractivity contribution in [2.75, 3.05) is 4.72 Å². The van der Waals surface area contributed by atoms with Crippen molar-refractivity contribution in [3.05, 3.63) is 40.4 Å². The summed E-state index contributed by atoms with van der Waals surface area (Å²) in [5, 5.41) is 5.99. The summed E-state index contributed by atoms with van der Waals surface area (Å²) in [6.45, 7) is 1.61. The first kappa shape index (κ1) is 13.0. The molecule has 2 aromatic rings. The standard InChI is InChI=1S/C10H9BrFN3O2S/c1-6-2-9(12)8(11)3-10(6)15-18(16,17)7-4-13-14-5-7/h2-5,15H,1H3,(H,13,14). The quantitative estimate of drug-likeness (QED) is 0.905. The van der Waals surface area contributed by atoms with Crippen LogP contribution in [0.5, 0.6) is 0 Å². The van der Waals surface area contributed by atoms with E-state index in [4.69, 9.17) is 0 Å². The normalized spacial score (nSPS) is 11.5. The monoisotopic (exact) mass is 333 g/mol. The van der Waals surface area contributed by atoms with E-state index < -0.39 is 15.8 Å². The van der Waals surface area contributed by atoms with Gasteiger partial charge in [0.1, 0.15) is 10.7 Å². The zero-order valence-corrected chi connectivity index (χ0v) is 11.6. The van der Waals surface area contributed by atoms with Gasteiger partial charge in [0.15, 0.2) is 0 Å². The highest BCUT2D eigenvalue weighted by Gasteiger charge is 2.17. The van der Waals surface area contributed by atoms with E-state index in [-0.39, 0.29) is 9.37 Å². The maximum Gasteiger partial charge on any atom is 0.265 e. The highest BCUT2D eigenvalue weighted by molar-refractivity contribution is 9.10. The Kier molecular flexibility index (Phi) is 3.40. The summed E-state index contributed by atoms with van der Waals surface area (Å²) in [7, 11) is -3.71. The van der Waals surface area contributed by atoms with Crippen molar-refractivity contribution >= 4 is 31.6 Å². The van der Waals surface area contributed by atoms with Gasteiger partial charge in [0.25, 0.3) is 10.0 Å². The number of hydrogen-bond acceptors (Lipinski definition) is 3. The lowest BCUT2D eigenvalue weighted by Gasteiger charge is -2.10. The molecule has 2 rings (SSSR count). The average molecular weight is 334 g/mol. The second-order valence-corrected chi connectivity index (χ2v) is 6.16. The summed E-state index contributed by atoms with van der Waals surface area (Å²) in [5.74, 6) is -0.446. The van der Waals surface area contributed by atoms with Gasteiger partial charge < -0.3 is 0 Å². The van der Waals surface area contributed by atoms with Crippen LogP contribution in [0.15, 0.2) is 33.9 Å². The van der Waals surface area contributed by atoms with Crippen LogP contribution in [0.2, 0.25) is 0 Å². The van der Waals surface area contributed by atoms with Gasteiger partial charge in [-0.3, -0.25) is 9.82 Å². The van der Waals surface area contributed by atoms with E-state index in [0.717, 1.165) is 0 Å². The molecule has 0 radical (unpaired) electrons. The molecule has 2 N–H and O–H groups in total. The second-order valence-electron chi connectivity index (χ2n) is 3.62. The number of hydrogen-bond donors (Lipinski definition) is 2. The Bertz CT molecular complexity index is 671. The number of aryl methyl sites for hydroxylation is 1. The lowest BCUT2D eigenvalue weighted by atomic mass is 10.2. The van der Waals surface area contributed by atoms with Crippen LogP contribution in [-0.2, 0) is 10.0 Å². The Morgan fingerprint density at radius 2 is 2.17 bits per heavy atom. The van der Waals surface area contributed by atoms with Crippen molar-refractivity contribution < 1.29 is 12.8 Å². The predicted octanol–water partition coefficient (Wildman–Crippen LogP) is 2.42. The first-order chi connectivity index (χ1) is 8.40. The Hall–Kier alpha value is -1.41. The van der Waals surface area contributed by atoms with E-state index in [0.29, 0.717) is 11.3 Å². The Morgan fingerprint density at radius 1 is 1.44 bits per heavy atom. The number of aromatic nitrogens is 2. The number of nitrogens with one attached hydrogen (secondary N) is 2.